The molecule has 6 nitrogen and oxygen atoms in total. The van der Waals surface area contributed by atoms with E-state index in [1.165, 1.54) is 0 Å². The van der Waals surface area contributed by atoms with Crippen LogP contribution in [0.2, 0.25) is 6.04 Å². The van der Waals surface area contributed by atoms with E-state index < -0.39 is 17.6 Å². The largest absolute Gasteiger partial charge is 0.533 e. The highest BCUT2D eigenvalue weighted by atomic mass is 28.4. The summed E-state index contributed by atoms with van der Waals surface area (Å²) in [7, 11) is -6.10. The summed E-state index contributed by atoms with van der Waals surface area (Å²) in [4.78, 5) is 0. The smallest absolute Gasteiger partial charge is 0.371 e. The lowest BCUT2D eigenvalue weighted by atomic mass is 10.5. The molecule has 8 heteroatoms. The third-order valence-electron chi connectivity index (χ3n) is 3.58. The first-order chi connectivity index (χ1) is 13.6. The van der Waals surface area contributed by atoms with E-state index in [2.05, 4.69) is 6.58 Å². The highest BCUT2D eigenvalue weighted by Gasteiger charge is 2.50. The van der Waals surface area contributed by atoms with Gasteiger partial charge in [-0.05, 0) is 94.7 Å². The Balaban J connectivity index is 5.86. The minimum atomic E-state index is -3.15. The van der Waals surface area contributed by atoms with Crippen LogP contribution in [0.15, 0.2) is 11.8 Å². The number of rotatable bonds is 16. The Hall–Kier alpha value is -0.0662. The maximum absolute atomic E-state index is 6.32. The second-order valence-corrected chi connectivity index (χ2v) is 14.4. The van der Waals surface area contributed by atoms with Crippen molar-refractivity contribution in [1.29, 1.82) is 0 Å². The Kier molecular flexibility index (Phi) is 13.4. The van der Waals surface area contributed by atoms with Gasteiger partial charge in [0, 0.05) is 42.7 Å². The Morgan fingerprint density at radius 2 is 0.800 bits per heavy atom. The van der Waals surface area contributed by atoms with Gasteiger partial charge < -0.3 is 26.6 Å². The topological polar surface area (TPSA) is 55.4 Å². The molecule has 0 aliphatic heterocycles. The predicted molar refractivity (Wildman–Crippen MR) is 127 cm³/mol. The van der Waals surface area contributed by atoms with Crippen molar-refractivity contribution in [3.63, 3.8) is 0 Å². The molecular formula is C22H48O6Si2. The highest BCUT2D eigenvalue weighted by molar-refractivity contribution is 6.69. The van der Waals surface area contributed by atoms with Gasteiger partial charge in [0.2, 0.25) is 0 Å². The van der Waals surface area contributed by atoms with Gasteiger partial charge in [0.1, 0.15) is 0 Å². The zero-order valence-corrected chi connectivity index (χ0v) is 23.5. The highest BCUT2D eigenvalue weighted by Crippen LogP contribution is 2.32. The van der Waals surface area contributed by atoms with Crippen LogP contribution in [0.25, 0.3) is 0 Å². The standard InChI is InChI=1S/C22H48O6Si2/c1-16(2)23-29(24-17(3)4,25-18(5)6)15-14-22(13)30(26-19(7)8,27-20(9)10)28-21(11)12/h16-21H,13-15H2,1-12H3. The van der Waals surface area contributed by atoms with E-state index in [-0.39, 0.29) is 36.6 Å². The molecule has 0 bridgehead atoms. The lowest BCUT2D eigenvalue weighted by molar-refractivity contribution is 0.00224. The van der Waals surface area contributed by atoms with Crippen molar-refractivity contribution in [3.8, 4) is 0 Å². The van der Waals surface area contributed by atoms with Crippen LogP contribution in [0.5, 0.6) is 0 Å². The maximum atomic E-state index is 6.32. The summed E-state index contributed by atoms with van der Waals surface area (Å²) in [5, 5.41) is 0.836. The lowest BCUT2D eigenvalue weighted by Crippen LogP contribution is -2.54. The molecule has 0 saturated carbocycles. The average molecular weight is 465 g/mol. The normalized spacial score (nSPS) is 13.7. The molecule has 0 aliphatic rings. The molecule has 0 atom stereocenters. The lowest BCUT2D eigenvalue weighted by Gasteiger charge is -2.38. The van der Waals surface area contributed by atoms with Crippen molar-refractivity contribution in [2.45, 2.75) is 132 Å². The summed E-state index contributed by atoms with van der Waals surface area (Å²) in [5.74, 6) is 0. The SMILES string of the molecule is C=C(CC[Si](OC(C)C)(OC(C)C)OC(C)C)[Si](OC(C)C)(OC(C)C)OC(C)C. The number of hydrogen-bond donors (Lipinski definition) is 0. The van der Waals surface area contributed by atoms with Gasteiger partial charge in [-0.1, -0.05) is 6.58 Å². The van der Waals surface area contributed by atoms with E-state index in [1.807, 2.05) is 83.1 Å². The number of hydrogen-bond acceptors (Lipinski definition) is 6. The molecule has 0 heterocycles. The molecule has 0 aromatic heterocycles. The Morgan fingerprint density at radius 3 is 1.03 bits per heavy atom. The van der Waals surface area contributed by atoms with Gasteiger partial charge in [-0.2, -0.15) is 0 Å². The summed E-state index contributed by atoms with van der Waals surface area (Å²) in [6, 6.07) is 0.597. The zero-order valence-electron chi connectivity index (χ0n) is 21.5. The molecule has 0 saturated heterocycles. The summed E-state index contributed by atoms with van der Waals surface area (Å²) in [6.07, 6.45) is 0.452. The maximum Gasteiger partial charge on any atom is 0.533 e. The molecule has 0 rings (SSSR count). The van der Waals surface area contributed by atoms with Gasteiger partial charge >= 0.3 is 17.6 Å². The van der Waals surface area contributed by atoms with Crippen LogP contribution in [0.3, 0.4) is 0 Å². The van der Waals surface area contributed by atoms with Crippen molar-refractivity contribution in [2.24, 2.45) is 0 Å². The van der Waals surface area contributed by atoms with Crippen LogP contribution in [-0.4, -0.2) is 54.2 Å². The molecule has 0 amide bonds. The summed E-state index contributed by atoms with van der Waals surface area (Å²) >= 11 is 0. The third-order valence-corrected chi connectivity index (χ3v) is 10.4. The van der Waals surface area contributed by atoms with Crippen LogP contribution < -0.4 is 0 Å². The van der Waals surface area contributed by atoms with Crippen LogP contribution in [0.4, 0.5) is 0 Å². The van der Waals surface area contributed by atoms with E-state index in [0.717, 1.165) is 5.20 Å². The van der Waals surface area contributed by atoms with E-state index in [1.54, 1.807) is 0 Å². The van der Waals surface area contributed by atoms with Crippen molar-refractivity contribution >= 4 is 17.6 Å². The fourth-order valence-corrected chi connectivity index (χ4v) is 9.55. The van der Waals surface area contributed by atoms with Gasteiger partial charge in [0.05, 0.1) is 0 Å². The van der Waals surface area contributed by atoms with Gasteiger partial charge in [0.25, 0.3) is 0 Å². The van der Waals surface area contributed by atoms with Gasteiger partial charge in [-0.3, -0.25) is 0 Å². The minimum Gasteiger partial charge on any atom is -0.371 e. The van der Waals surface area contributed by atoms with Gasteiger partial charge in [-0.25, -0.2) is 0 Å². The van der Waals surface area contributed by atoms with Crippen LogP contribution in [-0.2, 0) is 26.6 Å². The van der Waals surface area contributed by atoms with E-state index >= 15 is 0 Å². The second kappa shape index (κ2) is 13.5. The summed E-state index contributed by atoms with van der Waals surface area (Å²) < 4.78 is 37.9. The Labute approximate surface area is 188 Å². The molecule has 0 aromatic carbocycles. The van der Waals surface area contributed by atoms with Gasteiger partial charge in [0.15, 0.2) is 0 Å². The van der Waals surface area contributed by atoms with Crippen LogP contribution in [0.1, 0.15) is 89.5 Å². The average Bonchev–Trinajstić information content (AvgIpc) is 2.48. The fourth-order valence-electron chi connectivity index (χ4n) is 3.06. The fraction of sp³-hybridized carbons (Fsp3) is 0.909. The first kappa shape index (κ1) is 29.9. The molecule has 180 valence electrons. The molecule has 0 fully saturated rings. The first-order valence-corrected chi connectivity index (χ1v) is 15.0. The molecular weight excluding hydrogens is 416 g/mol. The third kappa shape index (κ3) is 11.5. The molecule has 30 heavy (non-hydrogen) atoms. The van der Waals surface area contributed by atoms with Crippen molar-refractivity contribution in [2.75, 3.05) is 0 Å². The predicted octanol–water partition coefficient (Wildman–Crippen LogP) is 5.90. The van der Waals surface area contributed by atoms with E-state index in [0.29, 0.717) is 12.5 Å². The quantitative estimate of drug-likeness (QED) is 0.265. The van der Waals surface area contributed by atoms with E-state index in [4.69, 9.17) is 26.6 Å². The van der Waals surface area contributed by atoms with Crippen molar-refractivity contribution in [3.05, 3.63) is 11.8 Å². The van der Waals surface area contributed by atoms with E-state index in [9.17, 15) is 0 Å². The monoisotopic (exact) mass is 464 g/mol. The molecule has 0 spiro atoms. The molecule has 0 radical (unpaired) electrons. The van der Waals surface area contributed by atoms with Crippen molar-refractivity contribution < 1.29 is 26.6 Å². The number of allylic oxidation sites excluding steroid dienone is 1. The molecule has 0 N–H and O–H groups in total. The molecule has 0 aliphatic carbocycles. The second-order valence-electron chi connectivity index (χ2n) is 9.34. The van der Waals surface area contributed by atoms with Crippen molar-refractivity contribution in [1.82, 2.24) is 0 Å². The van der Waals surface area contributed by atoms with Gasteiger partial charge in [-0.15, -0.1) is 0 Å². The summed E-state index contributed by atoms with van der Waals surface area (Å²) in [5.41, 5.74) is 0. The molecule has 0 aromatic rings. The van der Waals surface area contributed by atoms with Crippen LogP contribution in [0, 0.1) is 0 Å². The first-order valence-electron chi connectivity index (χ1n) is 11.4. The summed E-state index contributed by atoms with van der Waals surface area (Å²) in [6.45, 7) is 28.4. The van der Waals surface area contributed by atoms with Crippen LogP contribution >= 0.6 is 0 Å². The Morgan fingerprint density at radius 1 is 0.533 bits per heavy atom. The molecule has 0 unspecified atom stereocenters. The zero-order chi connectivity index (χ0) is 23.7. The Bertz CT molecular complexity index is 439. The minimum absolute atomic E-state index is 0.00447.